The summed E-state index contributed by atoms with van der Waals surface area (Å²) in [7, 11) is -3.35. The van der Waals surface area contributed by atoms with E-state index in [-0.39, 0.29) is 10.8 Å². The van der Waals surface area contributed by atoms with Crippen LogP contribution in [0.1, 0.15) is 24.5 Å². The quantitative estimate of drug-likeness (QED) is 0.921. The Morgan fingerprint density at radius 1 is 1.27 bits per heavy atom. The van der Waals surface area contributed by atoms with Crippen LogP contribution in [0.5, 0.6) is 0 Å². The average Bonchev–Trinajstić information content (AvgIpc) is 2.55. The third-order valence-electron chi connectivity index (χ3n) is 3.76. The van der Waals surface area contributed by atoms with Gasteiger partial charge in [-0.05, 0) is 31.5 Å². The Bertz CT molecular complexity index is 756. The molecule has 6 nitrogen and oxygen atoms in total. The Kier molecular flexibility index (Phi) is 4.17. The second kappa shape index (κ2) is 6.10. The minimum atomic E-state index is -3.35. The van der Waals surface area contributed by atoms with Gasteiger partial charge in [0.15, 0.2) is 15.7 Å². The number of nitrogens with one attached hydrogen (secondary N) is 1. The fraction of sp³-hybridized carbons (Fsp3) is 0.400. The van der Waals surface area contributed by atoms with Crippen LogP contribution in [0.15, 0.2) is 35.5 Å². The van der Waals surface area contributed by atoms with Gasteiger partial charge in [-0.15, -0.1) is 0 Å². The lowest BCUT2D eigenvalue weighted by molar-refractivity contribution is 0.448. The molecule has 1 aliphatic rings. The van der Waals surface area contributed by atoms with E-state index in [0.717, 1.165) is 25.9 Å². The van der Waals surface area contributed by atoms with Crippen LogP contribution in [0.3, 0.4) is 0 Å². The van der Waals surface area contributed by atoms with Gasteiger partial charge < -0.3 is 5.32 Å². The van der Waals surface area contributed by atoms with Gasteiger partial charge in [-0.1, -0.05) is 6.07 Å². The molecule has 0 amide bonds. The maximum absolute atomic E-state index is 12.0. The van der Waals surface area contributed by atoms with Gasteiger partial charge in [-0.25, -0.2) is 18.4 Å². The zero-order chi connectivity index (χ0) is 15.6. The molecule has 2 aromatic rings. The number of hydrogen-bond donors (Lipinski definition) is 1. The molecule has 0 unspecified atom stereocenters. The number of rotatable bonds is 3. The molecule has 1 N–H and O–H groups in total. The van der Waals surface area contributed by atoms with E-state index in [9.17, 15) is 8.42 Å². The molecular weight excluding hydrogens is 300 g/mol. The second-order valence-corrected chi connectivity index (χ2v) is 7.46. The molecule has 0 bridgehead atoms. The molecule has 3 rings (SSSR count). The topological polar surface area (TPSA) is 84.8 Å². The minimum absolute atomic E-state index is 0.0870. The molecule has 1 atom stereocenters. The minimum Gasteiger partial charge on any atom is -0.316 e. The number of nitrogens with zero attached hydrogens (tertiary/aromatic N) is 3. The number of pyridine rings is 1. The third-order valence-corrected chi connectivity index (χ3v) is 4.87. The van der Waals surface area contributed by atoms with Crippen molar-refractivity contribution in [3.63, 3.8) is 0 Å². The Morgan fingerprint density at radius 3 is 2.77 bits per heavy atom. The molecule has 1 fully saturated rings. The molecular formula is C15H18N4O2S. The van der Waals surface area contributed by atoms with E-state index in [1.54, 1.807) is 6.20 Å². The van der Waals surface area contributed by atoms with Crippen LogP contribution >= 0.6 is 0 Å². The van der Waals surface area contributed by atoms with Gasteiger partial charge in [0.2, 0.25) is 0 Å². The second-order valence-electron chi connectivity index (χ2n) is 5.47. The predicted molar refractivity (Wildman–Crippen MR) is 83.2 cm³/mol. The maximum Gasteiger partial charge on any atom is 0.178 e. The number of piperidine rings is 1. The van der Waals surface area contributed by atoms with Crippen molar-refractivity contribution in [2.24, 2.45) is 0 Å². The molecule has 0 spiro atoms. The van der Waals surface area contributed by atoms with Crippen molar-refractivity contribution in [3.8, 4) is 11.5 Å². The smallest absolute Gasteiger partial charge is 0.178 e. The van der Waals surface area contributed by atoms with Crippen molar-refractivity contribution < 1.29 is 8.42 Å². The molecule has 1 aliphatic heterocycles. The van der Waals surface area contributed by atoms with E-state index < -0.39 is 9.84 Å². The highest BCUT2D eigenvalue weighted by Crippen LogP contribution is 2.28. The van der Waals surface area contributed by atoms with Gasteiger partial charge in [0.05, 0.1) is 5.69 Å². The van der Waals surface area contributed by atoms with Crippen LogP contribution in [0.2, 0.25) is 0 Å². The van der Waals surface area contributed by atoms with Crippen LogP contribution in [-0.2, 0) is 9.84 Å². The zero-order valence-corrected chi connectivity index (χ0v) is 13.2. The maximum atomic E-state index is 12.0. The Hall–Kier alpha value is -1.86. The van der Waals surface area contributed by atoms with Crippen molar-refractivity contribution >= 4 is 9.84 Å². The first-order valence-electron chi connectivity index (χ1n) is 7.25. The highest BCUT2D eigenvalue weighted by molar-refractivity contribution is 7.90. The van der Waals surface area contributed by atoms with E-state index in [1.807, 2.05) is 18.2 Å². The molecule has 0 aromatic carbocycles. The molecule has 2 aromatic heterocycles. The van der Waals surface area contributed by atoms with Crippen LogP contribution < -0.4 is 5.32 Å². The van der Waals surface area contributed by atoms with E-state index in [0.29, 0.717) is 17.2 Å². The summed E-state index contributed by atoms with van der Waals surface area (Å²) in [5.74, 6) is 0.553. The summed E-state index contributed by atoms with van der Waals surface area (Å²) in [4.78, 5) is 13.2. The molecule has 0 aliphatic carbocycles. The van der Waals surface area contributed by atoms with Gasteiger partial charge >= 0.3 is 0 Å². The van der Waals surface area contributed by atoms with Crippen molar-refractivity contribution in [1.82, 2.24) is 20.3 Å². The van der Waals surface area contributed by atoms with E-state index in [4.69, 9.17) is 0 Å². The van der Waals surface area contributed by atoms with Gasteiger partial charge in [0.1, 0.15) is 10.6 Å². The van der Waals surface area contributed by atoms with Crippen molar-refractivity contribution in [1.29, 1.82) is 0 Å². The van der Waals surface area contributed by atoms with Crippen LogP contribution in [0, 0.1) is 0 Å². The summed E-state index contributed by atoms with van der Waals surface area (Å²) in [5, 5.41) is 3.30. The van der Waals surface area contributed by atoms with Crippen molar-refractivity contribution in [2.45, 2.75) is 23.7 Å². The van der Waals surface area contributed by atoms with E-state index in [2.05, 4.69) is 20.3 Å². The highest BCUT2D eigenvalue weighted by atomic mass is 32.2. The summed E-state index contributed by atoms with van der Waals surface area (Å²) in [6.07, 6.45) is 6.22. The Labute approximate surface area is 130 Å². The van der Waals surface area contributed by atoms with E-state index >= 15 is 0 Å². The SMILES string of the molecule is CS(=O)(=O)c1cnc(-c2ccccn2)nc1[C@@H]1CCCNC1. The van der Waals surface area contributed by atoms with Crippen LogP contribution in [0.4, 0.5) is 0 Å². The number of sulfone groups is 1. The summed E-state index contributed by atoms with van der Waals surface area (Å²) in [6, 6.07) is 5.50. The third kappa shape index (κ3) is 3.15. The Morgan fingerprint density at radius 2 is 2.14 bits per heavy atom. The van der Waals surface area contributed by atoms with Crippen LogP contribution in [0.25, 0.3) is 11.5 Å². The van der Waals surface area contributed by atoms with E-state index in [1.165, 1.54) is 12.5 Å². The van der Waals surface area contributed by atoms with Crippen molar-refractivity contribution in [3.05, 3.63) is 36.3 Å². The lowest BCUT2D eigenvalue weighted by Crippen LogP contribution is -2.30. The Balaban J connectivity index is 2.10. The molecule has 22 heavy (non-hydrogen) atoms. The monoisotopic (exact) mass is 318 g/mol. The predicted octanol–water partition coefficient (Wildman–Crippen LogP) is 1.41. The molecule has 0 saturated carbocycles. The number of aromatic nitrogens is 3. The summed E-state index contributed by atoms with van der Waals surface area (Å²) in [6.45, 7) is 1.70. The molecule has 7 heteroatoms. The van der Waals surface area contributed by atoms with Gasteiger partial charge in [0, 0.05) is 31.1 Å². The van der Waals surface area contributed by atoms with Gasteiger partial charge in [-0.3, -0.25) is 4.98 Å². The molecule has 3 heterocycles. The normalized spacial score (nSPS) is 19.0. The van der Waals surface area contributed by atoms with Gasteiger partial charge in [0.25, 0.3) is 0 Å². The first kappa shape index (κ1) is 15.1. The van der Waals surface area contributed by atoms with Crippen molar-refractivity contribution in [2.75, 3.05) is 19.3 Å². The zero-order valence-electron chi connectivity index (χ0n) is 12.4. The summed E-state index contributed by atoms with van der Waals surface area (Å²) >= 11 is 0. The first-order chi connectivity index (χ1) is 10.6. The standard InChI is InChI=1S/C15H18N4O2S/c1-22(20,21)13-10-18-15(12-6-2-3-8-17-12)19-14(13)11-5-4-7-16-9-11/h2-3,6,8,10-11,16H,4-5,7,9H2,1H3/t11-/m1/s1. The largest absolute Gasteiger partial charge is 0.316 e. The molecule has 116 valence electrons. The fourth-order valence-electron chi connectivity index (χ4n) is 2.67. The first-order valence-corrected chi connectivity index (χ1v) is 9.14. The fourth-order valence-corrected chi connectivity index (χ4v) is 3.50. The lowest BCUT2D eigenvalue weighted by Gasteiger charge is -2.24. The number of hydrogen-bond acceptors (Lipinski definition) is 6. The molecule has 0 radical (unpaired) electrons. The molecule has 1 saturated heterocycles. The highest BCUT2D eigenvalue weighted by Gasteiger charge is 2.25. The summed E-state index contributed by atoms with van der Waals surface area (Å²) in [5.41, 5.74) is 1.25. The summed E-state index contributed by atoms with van der Waals surface area (Å²) < 4.78 is 24.1. The average molecular weight is 318 g/mol. The lowest BCUT2D eigenvalue weighted by atomic mass is 9.96. The van der Waals surface area contributed by atoms with Gasteiger partial charge in [-0.2, -0.15) is 0 Å². The van der Waals surface area contributed by atoms with Crippen LogP contribution in [-0.4, -0.2) is 42.7 Å².